The van der Waals surface area contributed by atoms with Crippen LogP contribution >= 0.6 is 0 Å². The Kier molecular flexibility index (Phi) is 3.79. The highest BCUT2D eigenvalue weighted by Gasteiger charge is 2.07. The van der Waals surface area contributed by atoms with Gasteiger partial charge in [-0.2, -0.15) is 0 Å². The van der Waals surface area contributed by atoms with E-state index in [2.05, 4.69) is 22.2 Å². The zero-order valence-corrected chi connectivity index (χ0v) is 12.1. The van der Waals surface area contributed by atoms with Gasteiger partial charge in [-0.25, -0.2) is 0 Å². The van der Waals surface area contributed by atoms with E-state index in [0.717, 1.165) is 22.3 Å². The average molecular weight is 279 g/mol. The number of pyridine rings is 2. The lowest BCUT2D eigenvalue weighted by Gasteiger charge is -2.11. The molecule has 4 nitrogen and oxygen atoms in total. The number of aromatic nitrogens is 2. The molecule has 3 aromatic rings. The number of nitrogens with zero attached hydrogens (tertiary/aromatic N) is 2. The van der Waals surface area contributed by atoms with Gasteiger partial charge in [0.05, 0.1) is 11.9 Å². The van der Waals surface area contributed by atoms with Crippen LogP contribution in [0.25, 0.3) is 10.9 Å². The maximum Gasteiger partial charge on any atom is 0.153 e. The molecule has 0 fully saturated rings. The van der Waals surface area contributed by atoms with Crippen LogP contribution in [-0.2, 0) is 0 Å². The molecule has 0 bridgehead atoms. The van der Waals surface area contributed by atoms with Crippen molar-refractivity contribution in [2.45, 2.75) is 13.0 Å². The van der Waals surface area contributed by atoms with Crippen molar-refractivity contribution in [3.05, 3.63) is 60.6 Å². The minimum absolute atomic E-state index is 0.221. The van der Waals surface area contributed by atoms with E-state index in [1.807, 2.05) is 49.5 Å². The molecule has 0 radical (unpaired) electrons. The summed E-state index contributed by atoms with van der Waals surface area (Å²) in [4.78, 5) is 8.80. The number of fused-ring (bicyclic) bond motifs is 1. The summed E-state index contributed by atoms with van der Waals surface area (Å²) in [6, 6.07) is 14.0. The van der Waals surface area contributed by atoms with Gasteiger partial charge in [0.25, 0.3) is 0 Å². The summed E-state index contributed by atoms with van der Waals surface area (Å²) in [6.07, 6.45) is 3.51. The van der Waals surface area contributed by atoms with E-state index in [1.54, 1.807) is 12.4 Å². The Bertz CT molecular complexity index is 735. The number of ether oxygens (including phenoxy) is 1. The first-order chi connectivity index (χ1) is 10.3. The molecule has 3 rings (SSSR count). The molecular weight excluding hydrogens is 262 g/mol. The summed E-state index contributed by atoms with van der Waals surface area (Å²) in [5.41, 5.74) is 1.84. The molecule has 0 saturated heterocycles. The third-order valence-electron chi connectivity index (χ3n) is 3.46. The fourth-order valence-electron chi connectivity index (χ4n) is 2.14. The van der Waals surface area contributed by atoms with E-state index < -0.39 is 0 Å². The molecule has 1 aromatic carbocycles. The zero-order valence-electron chi connectivity index (χ0n) is 12.1. The first-order valence-corrected chi connectivity index (χ1v) is 6.93. The van der Waals surface area contributed by atoms with Crippen molar-refractivity contribution in [2.24, 2.45) is 0 Å². The van der Waals surface area contributed by atoms with Gasteiger partial charge in [0, 0.05) is 17.6 Å². The number of rotatable bonds is 4. The van der Waals surface area contributed by atoms with Gasteiger partial charge >= 0.3 is 0 Å². The van der Waals surface area contributed by atoms with Gasteiger partial charge in [-0.15, -0.1) is 0 Å². The van der Waals surface area contributed by atoms with Crippen LogP contribution < -0.4 is 10.1 Å². The number of hydrogen-bond donors (Lipinski definition) is 1. The standard InChI is InChI=1S/C17H17N3O/c1-12(18-2)15-9-8-14(11-20-15)21-16-7-3-5-13-6-4-10-19-17(13)16/h3-12,18H,1-2H3. The fourth-order valence-corrected chi connectivity index (χ4v) is 2.14. The lowest BCUT2D eigenvalue weighted by Crippen LogP contribution is -2.13. The molecule has 2 heterocycles. The van der Waals surface area contributed by atoms with Crippen molar-refractivity contribution in [1.82, 2.24) is 15.3 Å². The van der Waals surface area contributed by atoms with Crippen molar-refractivity contribution in [3.8, 4) is 11.5 Å². The topological polar surface area (TPSA) is 47.0 Å². The molecule has 1 atom stereocenters. The number of nitrogens with one attached hydrogen (secondary N) is 1. The number of benzene rings is 1. The molecular formula is C17H17N3O. The highest BCUT2D eigenvalue weighted by molar-refractivity contribution is 5.84. The quantitative estimate of drug-likeness (QED) is 0.791. The van der Waals surface area contributed by atoms with Crippen LogP contribution in [-0.4, -0.2) is 17.0 Å². The van der Waals surface area contributed by atoms with Gasteiger partial charge in [0.15, 0.2) is 5.75 Å². The van der Waals surface area contributed by atoms with Crippen LogP contribution in [0.1, 0.15) is 18.7 Å². The molecule has 2 aromatic heterocycles. The summed E-state index contributed by atoms with van der Waals surface area (Å²) >= 11 is 0. The first kappa shape index (κ1) is 13.5. The third kappa shape index (κ3) is 2.85. The van der Waals surface area contributed by atoms with Gasteiger partial charge in [0.1, 0.15) is 11.3 Å². The second kappa shape index (κ2) is 5.89. The maximum absolute atomic E-state index is 5.91. The smallest absolute Gasteiger partial charge is 0.153 e. The lowest BCUT2D eigenvalue weighted by molar-refractivity contribution is 0.483. The lowest BCUT2D eigenvalue weighted by atomic mass is 10.2. The molecule has 1 unspecified atom stereocenters. The summed E-state index contributed by atoms with van der Waals surface area (Å²) < 4.78 is 5.91. The largest absolute Gasteiger partial charge is 0.453 e. The monoisotopic (exact) mass is 279 g/mol. The molecule has 0 aliphatic heterocycles. The Morgan fingerprint density at radius 1 is 1.05 bits per heavy atom. The summed E-state index contributed by atoms with van der Waals surface area (Å²) in [5, 5.41) is 4.22. The normalized spacial score (nSPS) is 12.3. The minimum Gasteiger partial charge on any atom is -0.453 e. The summed E-state index contributed by atoms with van der Waals surface area (Å²) in [5.74, 6) is 1.45. The van der Waals surface area contributed by atoms with E-state index in [0.29, 0.717) is 5.75 Å². The Balaban J connectivity index is 1.88. The molecule has 1 N–H and O–H groups in total. The predicted molar refractivity (Wildman–Crippen MR) is 83.5 cm³/mol. The van der Waals surface area contributed by atoms with Crippen LogP contribution in [0, 0.1) is 0 Å². The first-order valence-electron chi connectivity index (χ1n) is 6.93. The van der Waals surface area contributed by atoms with Gasteiger partial charge in [0.2, 0.25) is 0 Å². The molecule has 4 heteroatoms. The van der Waals surface area contributed by atoms with Crippen LogP contribution in [0.3, 0.4) is 0 Å². The van der Waals surface area contributed by atoms with Crippen LogP contribution in [0.15, 0.2) is 54.9 Å². The molecule has 0 aliphatic rings. The molecule has 0 spiro atoms. The molecule has 0 aliphatic carbocycles. The second-order valence-corrected chi connectivity index (χ2v) is 4.86. The van der Waals surface area contributed by atoms with Crippen molar-refractivity contribution in [3.63, 3.8) is 0 Å². The predicted octanol–water partition coefficient (Wildman–Crippen LogP) is 3.70. The van der Waals surface area contributed by atoms with Crippen LogP contribution in [0.2, 0.25) is 0 Å². The SMILES string of the molecule is CNC(C)c1ccc(Oc2cccc3cccnc23)cn1. The molecule has 0 amide bonds. The average Bonchev–Trinajstić information content (AvgIpc) is 2.55. The maximum atomic E-state index is 5.91. The van der Waals surface area contributed by atoms with Crippen molar-refractivity contribution in [2.75, 3.05) is 7.05 Å². The molecule has 21 heavy (non-hydrogen) atoms. The Hall–Kier alpha value is -2.46. The van der Waals surface area contributed by atoms with E-state index in [1.165, 1.54) is 0 Å². The van der Waals surface area contributed by atoms with Gasteiger partial charge in [-0.3, -0.25) is 9.97 Å². The van der Waals surface area contributed by atoms with E-state index in [-0.39, 0.29) is 6.04 Å². The minimum atomic E-state index is 0.221. The fraction of sp³-hybridized carbons (Fsp3) is 0.176. The van der Waals surface area contributed by atoms with Crippen molar-refractivity contribution in [1.29, 1.82) is 0 Å². The number of hydrogen-bond acceptors (Lipinski definition) is 4. The van der Waals surface area contributed by atoms with Gasteiger partial charge in [-0.1, -0.05) is 18.2 Å². The van der Waals surface area contributed by atoms with Gasteiger partial charge < -0.3 is 10.1 Å². The van der Waals surface area contributed by atoms with E-state index >= 15 is 0 Å². The molecule has 0 saturated carbocycles. The highest BCUT2D eigenvalue weighted by atomic mass is 16.5. The van der Waals surface area contributed by atoms with Crippen LogP contribution in [0.5, 0.6) is 11.5 Å². The zero-order chi connectivity index (χ0) is 14.7. The van der Waals surface area contributed by atoms with Crippen LogP contribution in [0.4, 0.5) is 0 Å². The van der Waals surface area contributed by atoms with Gasteiger partial charge in [-0.05, 0) is 38.2 Å². The number of para-hydroxylation sites is 1. The van der Waals surface area contributed by atoms with Crippen molar-refractivity contribution >= 4 is 10.9 Å². The molecule has 106 valence electrons. The Labute approximate surface area is 123 Å². The second-order valence-electron chi connectivity index (χ2n) is 4.86. The van der Waals surface area contributed by atoms with Crippen molar-refractivity contribution < 1.29 is 4.74 Å². The Morgan fingerprint density at radius 3 is 2.67 bits per heavy atom. The third-order valence-corrected chi connectivity index (χ3v) is 3.46. The highest BCUT2D eigenvalue weighted by Crippen LogP contribution is 2.28. The van der Waals surface area contributed by atoms with E-state index in [9.17, 15) is 0 Å². The summed E-state index contributed by atoms with van der Waals surface area (Å²) in [7, 11) is 1.92. The van der Waals surface area contributed by atoms with E-state index in [4.69, 9.17) is 4.74 Å². The Morgan fingerprint density at radius 2 is 1.90 bits per heavy atom. The summed E-state index contributed by atoms with van der Waals surface area (Å²) in [6.45, 7) is 2.07.